The molecule has 0 saturated heterocycles. The van der Waals surface area contributed by atoms with Crippen molar-refractivity contribution in [3.63, 3.8) is 0 Å². The molecule has 0 aliphatic heterocycles. The first-order valence-electron chi connectivity index (χ1n) is 5.58. The summed E-state index contributed by atoms with van der Waals surface area (Å²) in [4.78, 5) is 13.6. The second-order valence-corrected chi connectivity index (χ2v) is 4.72. The van der Waals surface area contributed by atoms with E-state index >= 15 is 0 Å². The van der Waals surface area contributed by atoms with Gasteiger partial charge in [-0.1, -0.05) is 6.92 Å². The van der Waals surface area contributed by atoms with Crippen molar-refractivity contribution in [1.82, 2.24) is 10.2 Å². The van der Waals surface area contributed by atoms with Gasteiger partial charge in [0, 0.05) is 26.1 Å². The summed E-state index contributed by atoms with van der Waals surface area (Å²) < 4.78 is 0. The normalized spacial score (nSPS) is 12.5. The summed E-state index contributed by atoms with van der Waals surface area (Å²) in [6, 6.07) is 0.353. The zero-order valence-corrected chi connectivity index (χ0v) is 11.2. The third-order valence-electron chi connectivity index (χ3n) is 2.56. The molecule has 1 amide bonds. The van der Waals surface area contributed by atoms with Gasteiger partial charge in [-0.25, -0.2) is 0 Å². The van der Waals surface area contributed by atoms with Gasteiger partial charge in [0.15, 0.2) is 0 Å². The fourth-order valence-electron chi connectivity index (χ4n) is 1.28. The Labute approximate surface area is 98.0 Å². The third-order valence-corrected chi connectivity index (χ3v) is 3.20. The van der Waals surface area contributed by atoms with Crippen molar-refractivity contribution in [3.05, 3.63) is 0 Å². The molecule has 0 aromatic carbocycles. The number of thioether (sulfide) groups is 1. The van der Waals surface area contributed by atoms with Crippen molar-refractivity contribution in [2.45, 2.75) is 32.7 Å². The van der Waals surface area contributed by atoms with Gasteiger partial charge in [0.25, 0.3) is 0 Å². The van der Waals surface area contributed by atoms with Crippen LogP contribution in [0.15, 0.2) is 0 Å². The minimum Gasteiger partial charge on any atom is -0.343 e. The minimum atomic E-state index is 0.240. The van der Waals surface area contributed by atoms with Crippen LogP contribution >= 0.6 is 11.8 Å². The Morgan fingerprint density at radius 1 is 1.53 bits per heavy atom. The summed E-state index contributed by atoms with van der Waals surface area (Å²) in [5.74, 6) is 1.36. The Hall–Kier alpha value is -0.220. The monoisotopic (exact) mass is 232 g/mol. The smallest absolute Gasteiger partial charge is 0.223 e. The van der Waals surface area contributed by atoms with Gasteiger partial charge >= 0.3 is 0 Å². The van der Waals surface area contributed by atoms with Crippen LogP contribution in [0.4, 0.5) is 0 Å². The molecule has 0 spiro atoms. The van der Waals surface area contributed by atoms with Gasteiger partial charge in [-0.05, 0) is 31.9 Å². The van der Waals surface area contributed by atoms with Crippen LogP contribution in [0.3, 0.4) is 0 Å². The molecular formula is C11H24N2OS. The summed E-state index contributed by atoms with van der Waals surface area (Å²) in [5, 5.41) is 3.16. The predicted molar refractivity (Wildman–Crippen MR) is 68.4 cm³/mol. The largest absolute Gasteiger partial charge is 0.343 e. The van der Waals surface area contributed by atoms with E-state index in [0.29, 0.717) is 12.5 Å². The zero-order chi connectivity index (χ0) is 11.7. The maximum atomic E-state index is 11.7. The van der Waals surface area contributed by atoms with Crippen LogP contribution < -0.4 is 5.32 Å². The van der Waals surface area contributed by atoms with E-state index in [-0.39, 0.29) is 5.91 Å². The highest BCUT2D eigenvalue weighted by molar-refractivity contribution is 7.98. The summed E-state index contributed by atoms with van der Waals surface area (Å²) in [6.07, 6.45) is 3.78. The molecule has 0 bridgehead atoms. The van der Waals surface area contributed by atoms with Crippen LogP contribution in [0.1, 0.15) is 26.7 Å². The summed E-state index contributed by atoms with van der Waals surface area (Å²) >= 11 is 1.83. The third kappa shape index (κ3) is 6.79. The average molecular weight is 232 g/mol. The Kier molecular flexibility index (Phi) is 8.91. The molecule has 15 heavy (non-hydrogen) atoms. The van der Waals surface area contributed by atoms with E-state index < -0.39 is 0 Å². The van der Waals surface area contributed by atoms with E-state index in [2.05, 4.69) is 25.4 Å². The number of carbonyl (C=O) groups excluding carboxylic acids is 1. The van der Waals surface area contributed by atoms with Gasteiger partial charge < -0.3 is 10.2 Å². The van der Waals surface area contributed by atoms with Crippen LogP contribution in [0, 0.1) is 0 Å². The number of amides is 1. The highest BCUT2D eigenvalue weighted by atomic mass is 32.2. The van der Waals surface area contributed by atoms with Crippen molar-refractivity contribution in [1.29, 1.82) is 0 Å². The average Bonchev–Trinajstić information content (AvgIpc) is 2.24. The molecule has 3 nitrogen and oxygen atoms in total. The highest BCUT2D eigenvalue weighted by Gasteiger charge is 2.14. The second kappa shape index (κ2) is 9.04. The first kappa shape index (κ1) is 14.8. The fourth-order valence-corrected chi connectivity index (χ4v) is 1.85. The van der Waals surface area contributed by atoms with Crippen molar-refractivity contribution < 1.29 is 4.79 Å². The van der Waals surface area contributed by atoms with Gasteiger partial charge in [-0.15, -0.1) is 0 Å². The number of nitrogens with zero attached hydrogens (tertiary/aromatic N) is 1. The number of hydrogen-bond acceptors (Lipinski definition) is 3. The molecule has 0 heterocycles. The molecule has 0 saturated carbocycles. The molecule has 4 heteroatoms. The molecule has 1 unspecified atom stereocenters. The van der Waals surface area contributed by atoms with Gasteiger partial charge in [-0.2, -0.15) is 11.8 Å². The van der Waals surface area contributed by atoms with E-state index in [1.807, 2.05) is 23.7 Å². The number of rotatable bonds is 8. The summed E-state index contributed by atoms with van der Waals surface area (Å²) in [6.45, 7) is 5.88. The van der Waals surface area contributed by atoms with Gasteiger partial charge in [0.05, 0.1) is 0 Å². The lowest BCUT2D eigenvalue weighted by atomic mass is 10.2. The first-order valence-corrected chi connectivity index (χ1v) is 6.98. The molecule has 0 fully saturated rings. The highest BCUT2D eigenvalue weighted by Crippen LogP contribution is 2.06. The van der Waals surface area contributed by atoms with E-state index in [1.54, 1.807) is 0 Å². The Balaban J connectivity index is 3.75. The quantitative estimate of drug-likeness (QED) is 0.645. The van der Waals surface area contributed by atoms with Crippen LogP contribution in [0.25, 0.3) is 0 Å². The lowest BCUT2D eigenvalue weighted by Crippen LogP contribution is -2.36. The second-order valence-electron chi connectivity index (χ2n) is 3.74. The Morgan fingerprint density at radius 3 is 2.73 bits per heavy atom. The number of hydrogen-bond donors (Lipinski definition) is 1. The van der Waals surface area contributed by atoms with Gasteiger partial charge in [-0.3, -0.25) is 4.79 Å². The van der Waals surface area contributed by atoms with Crippen LogP contribution in [-0.4, -0.2) is 49.0 Å². The molecule has 0 aliphatic carbocycles. The topological polar surface area (TPSA) is 32.3 Å². The Morgan fingerprint density at radius 2 is 2.20 bits per heavy atom. The lowest BCUT2D eigenvalue weighted by Gasteiger charge is -2.24. The van der Waals surface area contributed by atoms with E-state index in [0.717, 1.165) is 25.3 Å². The summed E-state index contributed by atoms with van der Waals surface area (Å²) in [7, 11) is 1.90. The SMILES string of the molecule is CCNCCC(=O)N(C)C(C)CCSC. The zero-order valence-electron chi connectivity index (χ0n) is 10.4. The van der Waals surface area contributed by atoms with Crippen molar-refractivity contribution in [2.75, 3.05) is 32.1 Å². The fraction of sp³-hybridized carbons (Fsp3) is 0.909. The molecule has 0 aliphatic rings. The Bertz CT molecular complexity index is 176. The van der Waals surface area contributed by atoms with E-state index in [1.165, 1.54) is 0 Å². The van der Waals surface area contributed by atoms with Crippen molar-refractivity contribution in [3.8, 4) is 0 Å². The van der Waals surface area contributed by atoms with E-state index in [4.69, 9.17) is 0 Å². The molecular weight excluding hydrogens is 208 g/mol. The van der Waals surface area contributed by atoms with Crippen molar-refractivity contribution >= 4 is 17.7 Å². The maximum Gasteiger partial charge on any atom is 0.223 e. The van der Waals surface area contributed by atoms with Crippen LogP contribution in [-0.2, 0) is 4.79 Å². The minimum absolute atomic E-state index is 0.240. The molecule has 1 N–H and O–H groups in total. The van der Waals surface area contributed by atoms with Crippen LogP contribution in [0.5, 0.6) is 0 Å². The molecule has 0 aromatic rings. The number of nitrogens with one attached hydrogen (secondary N) is 1. The van der Waals surface area contributed by atoms with Crippen molar-refractivity contribution in [2.24, 2.45) is 0 Å². The predicted octanol–water partition coefficient (Wildman–Crippen LogP) is 1.59. The summed E-state index contributed by atoms with van der Waals surface area (Å²) in [5.41, 5.74) is 0. The van der Waals surface area contributed by atoms with Gasteiger partial charge in [0.2, 0.25) is 5.91 Å². The standard InChI is InChI=1S/C11H24N2OS/c1-5-12-8-6-11(14)13(3)10(2)7-9-15-4/h10,12H,5-9H2,1-4H3. The maximum absolute atomic E-state index is 11.7. The lowest BCUT2D eigenvalue weighted by molar-refractivity contribution is -0.131. The molecule has 0 aromatic heterocycles. The van der Waals surface area contributed by atoms with E-state index in [9.17, 15) is 4.79 Å². The molecule has 0 radical (unpaired) electrons. The molecule has 90 valence electrons. The number of carbonyl (C=O) groups is 1. The van der Waals surface area contributed by atoms with Gasteiger partial charge in [0.1, 0.15) is 0 Å². The van der Waals surface area contributed by atoms with Crippen LogP contribution in [0.2, 0.25) is 0 Å². The molecule has 0 rings (SSSR count). The first-order chi connectivity index (χ1) is 7.13. The molecule has 1 atom stereocenters.